The Kier molecular flexibility index (Phi) is 9.68. The molecule has 1 aliphatic rings. The van der Waals surface area contributed by atoms with Crippen molar-refractivity contribution >= 4 is 27.3 Å². The van der Waals surface area contributed by atoms with Crippen LogP contribution in [-0.4, -0.2) is 49.9 Å². The van der Waals surface area contributed by atoms with Crippen LogP contribution in [0.1, 0.15) is 39.3 Å². The molecule has 1 aliphatic heterocycles. The van der Waals surface area contributed by atoms with Gasteiger partial charge in [0, 0.05) is 47.9 Å². The number of thiophene rings is 1. The summed E-state index contributed by atoms with van der Waals surface area (Å²) in [5.41, 5.74) is 0.687. The van der Waals surface area contributed by atoms with Gasteiger partial charge in [0.1, 0.15) is 9.96 Å². The van der Waals surface area contributed by atoms with Gasteiger partial charge in [-0.1, -0.05) is 36.4 Å². The first kappa shape index (κ1) is 31.6. The minimum Gasteiger partial charge on any atom is -0.497 e. The van der Waals surface area contributed by atoms with E-state index in [1.165, 1.54) is 23.5 Å². The Morgan fingerprint density at radius 1 is 1.00 bits per heavy atom. The molecule has 44 heavy (non-hydrogen) atoms. The zero-order chi connectivity index (χ0) is 31.3. The molecule has 0 aliphatic carbocycles. The number of pyridine rings is 1. The summed E-state index contributed by atoms with van der Waals surface area (Å²) in [6.45, 7) is 1.13. The number of nitrogens with one attached hydrogen (secondary N) is 2. The van der Waals surface area contributed by atoms with Gasteiger partial charge in [0.25, 0.3) is 15.9 Å². The van der Waals surface area contributed by atoms with Crippen LogP contribution in [0.5, 0.6) is 5.75 Å². The summed E-state index contributed by atoms with van der Waals surface area (Å²) in [4.78, 5) is 16.8. The van der Waals surface area contributed by atoms with E-state index in [1.54, 1.807) is 60.7 Å². The lowest BCUT2D eigenvalue weighted by atomic mass is 9.97. The summed E-state index contributed by atoms with van der Waals surface area (Å²) in [5, 5.41) is 6.21. The standard InChI is InChI=1S/C31H31F3N4O4S2/c1-42-24-8-4-7-21(18-24)30(39)37-20-25-11-12-28(43-25)44(40,41)38-16-13-23(14-17-38)36-19-22-6-2-3-9-26(22)27-10-5-15-35-29(27)31(32,33)34/h2-12,15,18,23,36H,13-14,16-17,19-20H2,1H3,(H,37,39). The van der Waals surface area contributed by atoms with Crippen LogP contribution in [0.4, 0.5) is 13.2 Å². The second-order valence-corrected chi connectivity index (χ2v) is 13.6. The monoisotopic (exact) mass is 644 g/mol. The van der Waals surface area contributed by atoms with E-state index in [2.05, 4.69) is 15.6 Å². The number of hydrogen-bond donors (Lipinski definition) is 2. The van der Waals surface area contributed by atoms with Crippen LogP contribution in [-0.2, 0) is 29.3 Å². The first-order chi connectivity index (χ1) is 21.1. The number of sulfonamides is 1. The molecule has 0 atom stereocenters. The molecule has 1 saturated heterocycles. The van der Waals surface area contributed by atoms with Crippen LogP contribution in [0.25, 0.3) is 11.1 Å². The molecule has 1 fully saturated rings. The molecule has 232 valence electrons. The van der Waals surface area contributed by atoms with Gasteiger partial charge in [-0.15, -0.1) is 11.3 Å². The molecular formula is C31H31F3N4O4S2. The van der Waals surface area contributed by atoms with Gasteiger partial charge in [0.05, 0.1) is 13.7 Å². The fourth-order valence-corrected chi connectivity index (χ4v) is 8.01. The molecule has 0 saturated carbocycles. The smallest absolute Gasteiger partial charge is 0.433 e. The summed E-state index contributed by atoms with van der Waals surface area (Å²) >= 11 is 1.12. The third-order valence-corrected chi connectivity index (χ3v) is 10.9. The third-order valence-electron chi connectivity index (χ3n) is 7.41. The minimum atomic E-state index is -4.58. The van der Waals surface area contributed by atoms with E-state index in [0.29, 0.717) is 59.8 Å². The number of methoxy groups -OCH3 is 1. The zero-order valence-electron chi connectivity index (χ0n) is 23.8. The number of nitrogens with zero attached hydrogens (tertiary/aromatic N) is 2. The Hall–Kier alpha value is -3.78. The van der Waals surface area contributed by atoms with Crippen molar-refractivity contribution in [3.63, 3.8) is 0 Å². The number of hydrogen-bond acceptors (Lipinski definition) is 7. The Balaban J connectivity index is 1.16. The molecule has 5 rings (SSSR count). The van der Waals surface area contributed by atoms with Crippen molar-refractivity contribution in [1.29, 1.82) is 0 Å². The predicted octanol–water partition coefficient (Wildman–Crippen LogP) is 5.71. The molecule has 0 bridgehead atoms. The van der Waals surface area contributed by atoms with Gasteiger partial charge in [-0.2, -0.15) is 17.5 Å². The third kappa shape index (κ3) is 7.29. The number of amides is 1. The summed E-state index contributed by atoms with van der Waals surface area (Å²) in [6, 6.07) is 19.8. The quantitative estimate of drug-likeness (QED) is 0.230. The molecule has 8 nitrogen and oxygen atoms in total. The van der Waals surface area contributed by atoms with Crippen molar-refractivity contribution in [1.82, 2.24) is 19.9 Å². The largest absolute Gasteiger partial charge is 0.497 e. The molecule has 4 aromatic rings. The number of halogens is 3. The van der Waals surface area contributed by atoms with Crippen molar-refractivity contribution in [3.05, 3.63) is 101 Å². The van der Waals surface area contributed by atoms with Crippen molar-refractivity contribution < 1.29 is 31.1 Å². The lowest BCUT2D eigenvalue weighted by Gasteiger charge is -2.31. The van der Waals surface area contributed by atoms with Gasteiger partial charge >= 0.3 is 6.18 Å². The second-order valence-electron chi connectivity index (χ2n) is 10.2. The maximum atomic E-state index is 13.6. The van der Waals surface area contributed by atoms with Crippen LogP contribution in [0.3, 0.4) is 0 Å². The van der Waals surface area contributed by atoms with Crippen LogP contribution >= 0.6 is 11.3 Å². The number of ether oxygens (including phenoxy) is 1. The van der Waals surface area contributed by atoms with Crippen molar-refractivity contribution in [3.8, 4) is 16.9 Å². The minimum absolute atomic E-state index is 0.00351. The van der Waals surface area contributed by atoms with Crippen LogP contribution < -0.4 is 15.4 Å². The molecule has 13 heteroatoms. The number of rotatable bonds is 10. The Bertz CT molecular complexity index is 1720. The number of aromatic nitrogens is 1. The summed E-state index contributed by atoms with van der Waals surface area (Å²) in [7, 11) is -2.19. The zero-order valence-corrected chi connectivity index (χ0v) is 25.4. The maximum absolute atomic E-state index is 13.6. The fraction of sp³-hybridized carbons (Fsp3) is 0.290. The summed E-state index contributed by atoms with van der Waals surface area (Å²) < 4.78 is 74.3. The van der Waals surface area contributed by atoms with Gasteiger partial charge in [-0.05, 0) is 60.4 Å². The van der Waals surface area contributed by atoms with Crippen molar-refractivity contribution in [2.45, 2.75) is 42.4 Å². The maximum Gasteiger partial charge on any atom is 0.433 e. The van der Waals surface area contributed by atoms with E-state index in [9.17, 15) is 26.4 Å². The van der Waals surface area contributed by atoms with Gasteiger partial charge < -0.3 is 15.4 Å². The number of carbonyl (C=O) groups excluding carboxylic acids is 1. The predicted molar refractivity (Wildman–Crippen MR) is 162 cm³/mol. The van der Waals surface area contributed by atoms with Crippen LogP contribution in [0, 0.1) is 0 Å². The average Bonchev–Trinajstić information content (AvgIpc) is 3.53. The van der Waals surface area contributed by atoms with Crippen molar-refractivity contribution in [2.24, 2.45) is 0 Å². The highest BCUT2D eigenvalue weighted by atomic mass is 32.2. The van der Waals surface area contributed by atoms with Gasteiger partial charge in [-0.25, -0.2) is 8.42 Å². The molecule has 0 radical (unpaired) electrons. The summed E-state index contributed by atoms with van der Waals surface area (Å²) in [5.74, 6) is 0.273. The first-order valence-corrected chi connectivity index (χ1v) is 16.2. The van der Waals surface area contributed by atoms with E-state index in [0.717, 1.165) is 17.5 Å². The highest BCUT2D eigenvalue weighted by molar-refractivity contribution is 7.91. The van der Waals surface area contributed by atoms with E-state index < -0.39 is 21.9 Å². The van der Waals surface area contributed by atoms with E-state index in [1.807, 2.05) is 0 Å². The van der Waals surface area contributed by atoms with E-state index in [-0.39, 0.29) is 28.3 Å². The Morgan fingerprint density at radius 2 is 1.75 bits per heavy atom. The van der Waals surface area contributed by atoms with Gasteiger partial charge in [-0.3, -0.25) is 9.78 Å². The molecule has 3 heterocycles. The SMILES string of the molecule is COc1cccc(C(=O)NCc2ccc(S(=O)(=O)N3CCC(NCc4ccccc4-c4cccnc4C(F)(F)F)CC3)s2)c1. The number of benzene rings is 2. The van der Waals surface area contributed by atoms with E-state index >= 15 is 0 Å². The molecule has 2 N–H and O–H groups in total. The van der Waals surface area contributed by atoms with Crippen LogP contribution in [0.15, 0.2) is 83.2 Å². The van der Waals surface area contributed by atoms with Gasteiger partial charge in [0.15, 0.2) is 5.69 Å². The molecule has 0 spiro atoms. The fourth-order valence-electron chi connectivity index (χ4n) is 5.09. The first-order valence-electron chi connectivity index (χ1n) is 13.9. The molecular weight excluding hydrogens is 613 g/mol. The van der Waals surface area contributed by atoms with E-state index in [4.69, 9.17) is 4.74 Å². The molecule has 2 aromatic heterocycles. The van der Waals surface area contributed by atoms with Crippen molar-refractivity contribution in [2.75, 3.05) is 20.2 Å². The Morgan fingerprint density at radius 3 is 2.50 bits per heavy atom. The highest BCUT2D eigenvalue weighted by Crippen LogP contribution is 2.36. The number of alkyl halides is 3. The molecule has 2 aromatic carbocycles. The Labute approximate surface area is 257 Å². The lowest BCUT2D eigenvalue weighted by molar-refractivity contribution is -0.140. The van der Waals surface area contributed by atoms with Crippen LogP contribution in [0.2, 0.25) is 0 Å². The topological polar surface area (TPSA) is 101 Å². The second kappa shape index (κ2) is 13.5. The molecule has 0 unspecified atom stereocenters. The normalized spacial score (nSPS) is 14.8. The lowest BCUT2D eigenvalue weighted by Crippen LogP contribution is -2.44. The number of carbonyl (C=O) groups is 1. The number of piperidine rings is 1. The van der Waals surface area contributed by atoms with Gasteiger partial charge in [0.2, 0.25) is 0 Å². The molecule has 1 amide bonds. The highest BCUT2D eigenvalue weighted by Gasteiger charge is 2.36. The summed E-state index contributed by atoms with van der Waals surface area (Å²) in [6.07, 6.45) is -2.34. The average molecular weight is 645 g/mol.